The summed E-state index contributed by atoms with van der Waals surface area (Å²) in [5.41, 5.74) is 2.62. The van der Waals surface area contributed by atoms with Gasteiger partial charge in [0.2, 0.25) is 5.91 Å². The van der Waals surface area contributed by atoms with Gasteiger partial charge in [-0.15, -0.1) is 0 Å². The summed E-state index contributed by atoms with van der Waals surface area (Å²) in [6, 6.07) is 10.4. The van der Waals surface area contributed by atoms with E-state index in [2.05, 4.69) is 5.32 Å². The molecule has 0 unspecified atom stereocenters. The van der Waals surface area contributed by atoms with Crippen LogP contribution in [0, 0.1) is 13.8 Å². The number of halogens is 1. The lowest BCUT2D eigenvalue weighted by molar-refractivity contribution is -0.142. The van der Waals surface area contributed by atoms with E-state index in [-0.39, 0.29) is 31.0 Å². The van der Waals surface area contributed by atoms with Crippen molar-refractivity contribution in [1.29, 1.82) is 0 Å². The van der Waals surface area contributed by atoms with E-state index in [0.29, 0.717) is 16.5 Å². The van der Waals surface area contributed by atoms with Gasteiger partial charge in [-0.1, -0.05) is 30.7 Å². The Morgan fingerprint density at radius 1 is 1.09 bits per heavy atom. The van der Waals surface area contributed by atoms with E-state index in [1.807, 2.05) is 52.0 Å². The first-order valence-corrected chi connectivity index (χ1v) is 11.2. The number of carbonyl (C=O) groups is 2. The van der Waals surface area contributed by atoms with Crippen LogP contribution >= 0.6 is 11.6 Å². The highest BCUT2D eigenvalue weighted by molar-refractivity contribution is 6.32. The number of nitrogens with zero attached hydrogens (tertiary/aromatic N) is 1. The van der Waals surface area contributed by atoms with E-state index in [1.54, 1.807) is 26.2 Å². The van der Waals surface area contributed by atoms with Crippen molar-refractivity contribution >= 4 is 23.4 Å². The number of aryl methyl sites for hydroxylation is 2. The minimum Gasteiger partial charge on any atom is -0.497 e. The van der Waals surface area contributed by atoms with Crippen molar-refractivity contribution in [2.45, 2.75) is 59.7 Å². The van der Waals surface area contributed by atoms with Crippen LogP contribution in [0.4, 0.5) is 0 Å². The third-order valence-electron chi connectivity index (χ3n) is 5.43. The second-order valence-electron chi connectivity index (χ2n) is 8.03. The number of ether oxygens (including phenoxy) is 2. The highest BCUT2D eigenvalue weighted by Crippen LogP contribution is 2.26. The van der Waals surface area contributed by atoms with Gasteiger partial charge in [0.05, 0.1) is 7.11 Å². The summed E-state index contributed by atoms with van der Waals surface area (Å²) >= 11 is 6.22. The van der Waals surface area contributed by atoms with Crippen LogP contribution in [0.3, 0.4) is 0 Å². The Labute approximate surface area is 195 Å². The molecule has 0 aliphatic carbocycles. The monoisotopic (exact) mass is 460 g/mol. The minimum atomic E-state index is -0.667. The molecule has 174 valence electrons. The zero-order valence-electron chi connectivity index (χ0n) is 19.7. The quantitative estimate of drug-likeness (QED) is 0.559. The first-order valence-electron chi connectivity index (χ1n) is 10.8. The zero-order valence-corrected chi connectivity index (χ0v) is 20.5. The van der Waals surface area contributed by atoms with Gasteiger partial charge >= 0.3 is 0 Å². The fourth-order valence-electron chi connectivity index (χ4n) is 3.23. The van der Waals surface area contributed by atoms with Crippen LogP contribution in [-0.4, -0.2) is 42.5 Å². The van der Waals surface area contributed by atoms with Crippen LogP contribution in [0.2, 0.25) is 5.02 Å². The maximum absolute atomic E-state index is 13.2. The molecule has 2 atom stereocenters. The molecule has 0 saturated carbocycles. The van der Waals surface area contributed by atoms with Gasteiger partial charge in [-0.3, -0.25) is 9.59 Å². The van der Waals surface area contributed by atoms with Crippen LogP contribution < -0.4 is 14.8 Å². The topological polar surface area (TPSA) is 67.9 Å². The Kier molecular flexibility index (Phi) is 9.39. The summed E-state index contributed by atoms with van der Waals surface area (Å²) < 4.78 is 11.1. The molecule has 2 aromatic rings. The van der Waals surface area contributed by atoms with Crippen LogP contribution in [0.25, 0.3) is 0 Å². The zero-order chi connectivity index (χ0) is 23.8. The number of nitrogens with one attached hydrogen (secondary N) is 1. The molecule has 0 fully saturated rings. The number of carbonyl (C=O) groups excluding carboxylic acids is 2. The van der Waals surface area contributed by atoms with E-state index < -0.39 is 6.04 Å². The summed E-state index contributed by atoms with van der Waals surface area (Å²) in [7, 11) is 1.59. The third-order valence-corrected chi connectivity index (χ3v) is 6.02. The molecule has 2 amide bonds. The van der Waals surface area contributed by atoms with Crippen LogP contribution in [0.15, 0.2) is 36.4 Å². The SMILES string of the molecule is CC[C@@H](C)NC(=O)[C@@H](C)N(Cc1cccc(OC)c1)C(=O)COc1cc(C)c(Cl)c(C)c1. The van der Waals surface area contributed by atoms with Gasteiger partial charge in [0.15, 0.2) is 6.61 Å². The number of hydrogen-bond acceptors (Lipinski definition) is 4. The molecule has 0 aromatic heterocycles. The Hall–Kier alpha value is -2.73. The minimum absolute atomic E-state index is 0.0231. The number of amides is 2. The van der Waals surface area contributed by atoms with Gasteiger partial charge in [-0.25, -0.2) is 0 Å². The number of rotatable bonds is 10. The van der Waals surface area contributed by atoms with Crippen molar-refractivity contribution in [3.63, 3.8) is 0 Å². The fraction of sp³-hybridized carbons (Fsp3) is 0.440. The third kappa shape index (κ3) is 6.89. The summed E-state index contributed by atoms with van der Waals surface area (Å²) in [5, 5.41) is 3.63. The molecule has 0 radical (unpaired) electrons. The van der Waals surface area contributed by atoms with Crippen molar-refractivity contribution in [2.75, 3.05) is 13.7 Å². The summed E-state index contributed by atoms with van der Waals surface area (Å²) in [6.07, 6.45) is 0.806. The molecule has 0 spiro atoms. The number of methoxy groups -OCH3 is 1. The molecule has 0 aliphatic rings. The van der Waals surface area contributed by atoms with Crippen molar-refractivity contribution in [2.24, 2.45) is 0 Å². The van der Waals surface area contributed by atoms with E-state index in [0.717, 1.165) is 23.1 Å². The summed E-state index contributed by atoms with van der Waals surface area (Å²) in [5.74, 6) is 0.768. The van der Waals surface area contributed by atoms with Crippen molar-refractivity contribution < 1.29 is 19.1 Å². The molecule has 2 rings (SSSR count). The lowest BCUT2D eigenvalue weighted by Crippen LogP contribution is -2.50. The second kappa shape index (κ2) is 11.8. The molecular weight excluding hydrogens is 428 g/mol. The van der Waals surface area contributed by atoms with Crippen LogP contribution in [0.1, 0.15) is 43.9 Å². The Morgan fingerprint density at radius 3 is 2.34 bits per heavy atom. The molecule has 1 N–H and O–H groups in total. The Morgan fingerprint density at radius 2 is 1.75 bits per heavy atom. The average Bonchev–Trinajstić information content (AvgIpc) is 2.78. The van der Waals surface area contributed by atoms with Crippen LogP contribution in [-0.2, 0) is 16.1 Å². The van der Waals surface area contributed by atoms with Gasteiger partial charge < -0.3 is 19.7 Å². The fourth-order valence-corrected chi connectivity index (χ4v) is 3.34. The van der Waals surface area contributed by atoms with Crippen LogP contribution in [0.5, 0.6) is 11.5 Å². The normalized spacial score (nSPS) is 12.6. The van der Waals surface area contributed by atoms with Gasteiger partial charge in [0.25, 0.3) is 5.91 Å². The van der Waals surface area contributed by atoms with Gasteiger partial charge in [-0.2, -0.15) is 0 Å². The predicted molar refractivity (Wildman–Crippen MR) is 127 cm³/mol. The highest BCUT2D eigenvalue weighted by Gasteiger charge is 2.27. The Balaban J connectivity index is 2.21. The van der Waals surface area contributed by atoms with Crippen molar-refractivity contribution in [1.82, 2.24) is 10.2 Å². The van der Waals surface area contributed by atoms with E-state index in [9.17, 15) is 9.59 Å². The largest absolute Gasteiger partial charge is 0.497 e. The number of hydrogen-bond donors (Lipinski definition) is 1. The lowest BCUT2D eigenvalue weighted by Gasteiger charge is -2.29. The summed E-state index contributed by atoms with van der Waals surface area (Å²) in [4.78, 5) is 27.5. The lowest BCUT2D eigenvalue weighted by atomic mass is 10.1. The first kappa shape index (κ1) is 25.5. The molecule has 32 heavy (non-hydrogen) atoms. The standard InChI is InChI=1S/C25H33ClN2O4/c1-7-18(4)27-25(30)19(5)28(14-20-9-8-10-21(13-20)31-6)23(29)15-32-22-11-16(2)24(26)17(3)12-22/h8-13,18-19H,7,14-15H2,1-6H3,(H,27,30)/t18-,19-/m1/s1. The van der Waals surface area contributed by atoms with Crippen molar-refractivity contribution in [3.8, 4) is 11.5 Å². The Bertz CT molecular complexity index is 924. The predicted octanol–water partition coefficient (Wildman–Crippen LogP) is 4.68. The molecule has 2 aromatic carbocycles. The van der Waals surface area contributed by atoms with Gasteiger partial charge in [-0.05, 0) is 75.1 Å². The average molecular weight is 461 g/mol. The summed E-state index contributed by atoms with van der Waals surface area (Å²) in [6.45, 7) is 9.51. The number of benzene rings is 2. The molecule has 0 heterocycles. The molecule has 0 aliphatic heterocycles. The highest BCUT2D eigenvalue weighted by atomic mass is 35.5. The first-order chi connectivity index (χ1) is 15.2. The van der Waals surface area contributed by atoms with E-state index >= 15 is 0 Å². The van der Waals surface area contributed by atoms with E-state index in [4.69, 9.17) is 21.1 Å². The van der Waals surface area contributed by atoms with Gasteiger partial charge in [0.1, 0.15) is 17.5 Å². The molecular formula is C25H33ClN2O4. The molecule has 0 bridgehead atoms. The molecule has 0 saturated heterocycles. The maximum atomic E-state index is 13.2. The smallest absolute Gasteiger partial charge is 0.261 e. The van der Waals surface area contributed by atoms with E-state index in [1.165, 1.54) is 4.90 Å². The molecule has 6 nitrogen and oxygen atoms in total. The van der Waals surface area contributed by atoms with Crippen molar-refractivity contribution in [3.05, 3.63) is 58.1 Å². The molecule has 7 heteroatoms. The second-order valence-corrected chi connectivity index (χ2v) is 8.40. The van der Waals surface area contributed by atoms with Gasteiger partial charge in [0, 0.05) is 17.6 Å². The maximum Gasteiger partial charge on any atom is 0.261 e.